The number of carbonyl (C=O) groups is 4. The molecule has 49 heavy (non-hydrogen) atoms. The van der Waals surface area contributed by atoms with E-state index in [0.717, 1.165) is 0 Å². The summed E-state index contributed by atoms with van der Waals surface area (Å²) < 4.78 is 49.0. The third-order valence-corrected chi connectivity index (χ3v) is 6.67. The zero-order valence-electron chi connectivity index (χ0n) is 28.3. The number of carboxylic acid groups (broad SMARTS) is 1. The lowest BCUT2D eigenvalue weighted by molar-refractivity contribution is -0.138. The highest BCUT2D eigenvalue weighted by atomic mass is 16.6. The van der Waals surface area contributed by atoms with Gasteiger partial charge in [-0.15, -0.1) is 0 Å². The van der Waals surface area contributed by atoms with Crippen molar-refractivity contribution in [3.05, 3.63) is 35.4 Å². The second-order valence-corrected chi connectivity index (χ2v) is 10.4. The summed E-state index contributed by atoms with van der Waals surface area (Å²) in [5.74, 6) is -1.83. The maximum absolute atomic E-state index is 12.3. The molecule has 2 N–H and O–H groups in total. The number of amides is 3. The Kier molecular flexibility index (Phi) is 24.7. The van der Waals surface area contributed by atoms with Crippen LogP contribution >= 0.6 is 0 Å². The molecule has 0 aliphatic carbocycles. The van der Waals surface area contributed by atoms with Crippen molar-refractivity contribution in [2.45, 2.75) is 19.3 Å². The Morgan fingerprint density at radius 1 is 0.531 bits per heavy atom. The van der Waals surface area contributed by atoms with Crippen LogP contribution in [0.4, 0.5) is 0 Å². The number of nitrogens with zero attached hydrogens (tertiary/aromatic N) is 1. The lowest BCUT2D eigenvalue weighted by Crippen LogP contribution is -2.33. The first-order valence-electron chi connectivity index (χ1n) is 16.6. The zero-order chi connectivity index (χ0) is 35.2. The molecule has 0 bridgehead atoms. The first-order chi connectivity index (χ1) is 24.0. The Hall–Kier alpha value is -3.06. The lowest BCUT2D eigenvalue weighted by Gasteiger charge is -2.13. The number of carbonyl (C=O) groups excluding carboxylic acids is 3. The average molecular weight is 701 g/mol. The van der Waals surface area contributed by atoms with Crippen molar-refractivity contribution in [3.8, 4) is 0 Å². The molecule has 0 aromatic heterocycles. The molecule has 0 atom stereocenters. The number of rotatable bonds is 34. The van der Waals surface area contributed by atoms with Crippen molar-refractivity contribution in [1.29, 1.82) is 0 Å². The summed E-state index contributed by atoms with van der Waals surface area (Å²) in [6.07, 6.45) is 0.458. The number of fused-ring (bicyclic) bond motifs is 1. The van der Waals surface area contributed by atoms with Gasteiger partial charge in [0.05, 0.1) is 136 Å². The Bertz CT molecular complexity index is 1020. The summed E-state index contributed by atoms with van der Waals surface area (Å²) in [4.78, 5) is 47.6. The van der Waals surface area contributed by atoms with Gasteiger partial charge in [-0.25, -0.2) is 0 Å². The van der Waals surface area contributed by atoms with Gasteiger partial charge < -0.3 is 53.1 Å². The van der Waals surface area contributed by atoms with Crippen molar-refractivity contribution >= 4 is 23.7 Å². The number of hydrogen-bond acceptors (Lipinski definition) is 13. The van der Waals surface area contributed by atoms with Crippen LogP contribution in [0.2, 0.25) is 0 Å². The standard InChI is InChI=1S/C33H52N2O14/c36-30(6-7-31(37)38)34-8-3-10-41-12-14-43-16-18-45-20-22-47-24-26-49-27-25-48-23-21-46-19-17-44-15-13-42-11-9-35-32(39)28-4-1-2-5-29(28)33(35)40/h1-2,4-5H,3,6-27H2,(H,34,36)(H,37,38). The van der Waals surface area contributed by atoms with E-state index in [2.05, 4.69) is 5.32 Å². The van der Waals surface area contributed by atoms with Crippen LogP contribution in [0.5, 0.6) is 0 Å². The Morgan fingerprint density at radius 2 is 0.878 bits per heavy atom. The van der Waals surface area contributed by atoms with Gasteiger partial charge in [-0.2, -0.15) is 0 Å². The molecule has 0 spiro atoms. The predicted octanol–water partition coefficient (Wildman–Crippen LogP) is 0.803. The van der Waals surface area contributed by atoms with Gasteiger partial charge in [-0.3, -0.25) is 24.1 Å². The highest BCUT2D eigenvalue weighted by Crippen LogP contribution is 2.21. The van der Waals surface area contributed by atoms with E-state index >= 15 is 0 Å². The van der Waals surface area contributed by atoms with Crippen LogP contribution in [0.3, 0.4) is 0 Å². The number of nitrogens with one attached hydrogen (secondary N) is 1. The van der Waals surface area contributed by atoms with Crippen LogP contribution in [0, 0.1) is 0 Å². The first-order valence-corrected chi connectivity index (χ1v) is 16.6. The second kappa shape index (κ2) is 28.7. The van der Waals surface area contributed by atoms with Gasteiger partial charge >= 0.3 is 5.97 Å². The molecule has 3 amide bonds. The number of carboxylic acids is 1. The Labute approximate surface area is 287 Å². The summed E-state index contributed by atoms with van der Waals surface area (Å²) in [5.41, 5.74) is 0.869. The van der Waals surface area contributed by atoms with Crippen molar-refractivity contribution < 1.29 is 66.9 Å². The number of hydrogen-bond donors (Lipinski definition) is 2. The van der Waals surface area contributed by atoms with Crippen molar-refractivity contribution in [2.75, 3.05) is 132 Å². The summed E-state index contributed by atoms with van der Waals surface area (Å²) in [7, 11) is 0. The molecule has 16 nitrogen and oxygen atoms in total. The molecular weight excluding hydrogens is 648 g/mol. The van der Waals surface area contributed by atoms with Crippen molar-refractivity contribution in [3.63, 3.8) is 0 Å². The fourth-order valence-electron chi connectivity index (χ4n) is 4.17. The SMILES string of the molecule is O=C(O)CCC(=O)NCCCOCCOCCOCCOCCOCCOCCOCCOCCOCCN1C(=O)c2ccccc2C1=O. The average Bonchev–Trinajstić information content (AvgIpc) is 3.34. The number of aliphatic carboxylic acids is 1. The zero-order valence-corrected chi connectivity index (χ0v) is 28.3. The van der Waals surface area contributed by atoms with E-state index in [1.54, 1.807) is 24.3 Å². The summed E-state index contributed by atoms with van der Waals surface area (Å²) in [5, 5.41) is 11.2. The van der Waals surface area contributed by atoms with Crippen molar-refractivity contribution in [2.24, 2.45) is 0 Å². The molecule has 0 fully saturated rings. The third-order valence-electron chi connectivity index (χ3n) is 6.67. The van der Waals surface area contributed by atoms with E-state index in [1.165, 1.54) is 4.90 Å². The summed E-state index contributed by atoms with van der Waals surface area (Å²) in [6.45, 7) is 8.44. The molecule has 1 aromatic rings. The maximum atomic E-state index is 12.3. The van der Waals surface area contributed by atoms with Gasteiger partial charge in [-0.05, 0) is 18.6 Å². The van der Waals surface area contributed by atoms with Crippen LogP contribution in [0.25, 0.3) is 0 Å². The normalized spacial score (nSPS) is 12.5. The molecule has 1 heterocycles. The highest BCUT2D eigenvalue weighted by molar-refractivity contribution is 6.21. The molecule has 0 radical (unpaired) electrons. The minimum Gasteiger partial charge on any atom is -0.481 e. The molecule has 1 aliphatic rings. The predicted molar refractivity (Wildman–Crippen MR) is 174 cm³/mol. The molecule has 0 saturated heterocycles. The quantitative estimate of drug-likeness (QED) is 0.0760. The summed E-state index contributed by atoms with van der Waals surface area (Å²) >= 11 is 0. The van der Waals surface area contributed by atoms with E-state index in [0.29, 0.717) is 136 Å². The Balaban J connectivity index is 1.18. The van der Waals surface area contributed by atoms with E-state index in [9.17, 15) is 19.2 Å². The third kappa shape index (κ3) is 20.9. The number of benzene rings is 1. The van der Waals surface area contributed by atoms with Gasteiger partial charge in [0.15, 0.2) is 0 Å². The van der Waals surface area contributed by atoms with E-state index in [4.69, 9.17) is 47.7 Å². The fraction of sp³-hybridized carbons (Fsp3) is 0.697. The largest absolute Gasteiger partial charge is 0.481 e. The van der Waals surface area contributed by atoms with Gasteiger partial charge in [0.2, 0.25) is 5.91 Å². The molecule has 16 heteroatoms. The van der Waals surface area contributed by atoms with E-state index in [1.807, 2.05) is 0 Å². The smallest absolute Gasteiger partial charge is 0.303 e. The van der Waals surface area contributed by atoms with Gasteiger partial charge in [0.1, 0.15) is 0 Å². The number of imide groups is 1. The van der Waals surface area contributed by atoms with Crippen LogP contribution in [0.1, 0.15) is 40.0 Å². The van der Waals surface area contributed by atoms with Gasteiger partial charge in [-0.1, -0.05) is 12.1 Å². The molecule has 0 saturated carbocycles. The van der Waals surface area contributed by atoms with Crippen LogP contribution in [0.15, 0.2) is 24.3 Å². The Morgan fingerprint density at radius 3 is 1.24 bits per heavy atom. The van der Waals surface area contributed by atoms with Crippen LogP contribution in [-0.2, 0) is 52.2 Å². The highest BCUT2D eigenvalue weighted by Gasteiger charge is 2.34. The van der Waals surface area contributed by atoms with Crippen LogP contribution < -0.4 is 5.32 Å². The molecule has 1 aromatic carbocycles. The fourth-order valence-corrected chi connectivity index (χ4v) is 4.17. The maximum Gasteiger partial charge on any atom is 0.303 e. The molecular formula is C33H52N2O14. The molecule has 278 valence electrons. The molecule has 1 aliphatic heterocycles. The molecule has 0 unspecified atom stereocenters. The second-order valence-electron chi connectivity index (χ2n) is 10.4. The molecule has 2 rings (SSSR count). The number of ether oxygens (including phenoxy) is 9. The monoisotopic (exact) mass is 700 g/mol. The topological polar surface area (TPSA) is 187 Å². The first kappa shape index (κ1) is 42.1. The minimum atomic E-state index is -0.988. The van der Waals surface area contributed by atoms with Crippen molar-refractivity contribution in [1.82, 2.24) is 10.2 Å². The van der Waals surface area contributed by atoms with Crippen LogP contribution in [-0.4, -0.2) is 166 Å². The van der Waals surface area contributed by atoms with Gasteiger partial charge in [0, 0.05) is 19.6 Å². The lowest BCUT2D eigenvalue weighted by atomic mass is 10.1. The summed E-state index contributed by atoms with van der Waals surface area (Å²) in [6, 6.07) is 6.79. The van der Waals surface area contributed by atoms with E-state index < -0.39 is 5.97 Å². The van der Waals surface area contributed by atoms with E-state index in [-0.39, 0.29) is 43.7 Å². The minimum absolute atomic E-state index is 0.0162. The van der Waals surface area contributed by atoms with Gasteiger partial charge in [0.25, 0.3) is 11.8 Å².